The van der Waals surface area contributed by atoms with Crippen molar-refractivity contribution in [2.75, 3.05) is 24.3 Å². The van der Waals surface area contributed by atoms with Crippen LogP contribution in [0.4, 0.5) is 11.6 Å². The molecule has 0 atom stereocenters. The molecule has 0 bridgehead atoms. The second-order valence-electron chi connectivity index (χ2n) is 6.78. The molecule has 26 heavy (non-hydrogen) atoms. The smallest absolute Gasteiger partial charge is 0.346 e. The van der Waals surface area contributed by atoms with Gasteiger partial charge in [0.2, 0.25) is 5.88 Å². The van der Waals surface area contributed by atoms with Crippen LogP contribution >= 0.6 is 0 Å². The average Bonchev–Trinajstić information content (AvgIpc) is 3.03. The number of fused-ring (bicyclic) bond motifs is 1. The molecule has 0 unspecified atom stereocenters. The van der Waals surface area contributed by atoms with Crippen molar-refractivity contribution < 1.29 is 18.8 Å². The summed E-state index contributed by atoms with van der Waals surface area (Å²) in [5, 5.41) is 3.60. The Kier molecular flexibility index (Phi) is 4.31. The summed E-state index contributed by atoms with van der Waals surface area (Å²) in [6.45, 7) is 5.31. The number of nitrogens with zero attached hydrogens (tertiary/aromatic N) is 2. The first kappa shape index (κ1) is 17.7. The first-order valence-electron chi connectivity index (χ1n) is 8.20. The number of nitrogens with two attached hydrogens (primary N) is 1. The maximum atomic E-state index is 12.4. The van der Waals surface area contributed by atoms with E-state index in [1.165, 1.54) is 6.08 Å². The lowest BCUT2D eigenvalue weighted by molar-refractivity contribution is -0.117. The molecule has 0 fully saturated rings. The van der Waals surface area contributed by atoms with Gasteiger partial charge in [-0.05, 0) is 18.6 Å². The van der Waals surface area contributed by atoms with E-state index in [-0.39, 0.29) is 29.3 Å². The zero-order valence-corrected chi connectivity index (χ0v) is 15.2. The number of ether oxygens (including phenoxy) is 1. The number of aryl methyl sites for hydroxylation is 1. The van der Waals surface area contributed by atoms with Gasteiger partial charge in [0.15, 0.2) is 12.4 Å². The highest BCUT2D eigenvalue weighted by atomic mass is 16.5. The average molecular weight is 355 g/mol. The minimum Gasteiger partial charge on any atom is -0.454 e. The molecule has 2 heterocycles. The van der Waals surface area contributed by atoms with Gasteiger partial charge < -0.3 is 19.9 Å². The summed E-state index contributed by atoms with van der Waals surface area (Å²) in [4.78, 5) is 26.4. The van der Waals surface area contributed by atoms with Crippen LogP contribution < -0.4 is 10.6 Å². The molecular weight excluding hydrogens is 334 g/mol. The first-order chi connectivity index (χ1) is 12.2. The topological polar surface area (TPSA) is 98.7 Å². The monoisotopic (exact) mass is 355 g/mol. The number of benzene rings is 1. The van der Waals surface area contributed by atoms with E-state index >= 15 is 0 Å². The molecule has 0 amide bonds. The van der Waals surface area contributed by atoms with Gasteiger partial charge in [0.25, 0.3) is 0 Å². The Morgan fingerprint density at radius 1 is 1.35 bits per heavy atom. The van der Waals surface area contributed by atoms with E-state index in [4.69, 9.17) is 15.0 Å². The standard InChI is InChI=1S/C19H21N3O4/c1-11-16(17(20)26-21-11)18(24)25-10-12(23)9-15-19(2,3)13-7-5-6-8-14(13)22(15)4/h5-9H,10,20H2,1-4H3/b15-9-. The number of carbonyl (C=O) groups is 2. The number of para-hydroxylation sites is 1. The second kappa shape index (κ2) is 6.33. The summed E-state index contributed by atoms with van der Waals surface area (Å²) in [5.41, 5.74) is 8.66. The predicted octanol–water partition coefficient (Wildman–Crippen LogP) is 2.60. The fourth-order valence-electron chi connectivity index (χ4n) is 3.30. The van der Waals surface area contributed by atoms with Crippen molar-refractivity contribution in [1.29, 1.82) is 0 Å². The van der Waals surface area contributed by atoms with Gasteiger partial charge in [-0.25, -0.2) is 4.79 Å². The number of hydrogen-bond donors (Lipinski definition) is 1. The number of esters is 1. The van der Waals surface area contributed by atoms with E-state index in [1.54, 1.807) is 6.92 Å². The van der Waals surface area contributed by atoms with Crippen LogP contribution in [-0.4, -0.2) is 30.6 Å². The number of anilines is 2. The highest BCUT2D eigenvalue weighted by molar-refractivity contribution is 5.98. The predicted molar refractivity (Wildman–Crippen MR) is 96.9 cm³/mol. The Morgan fingerprint density at radius 3 is 2.65 bits per heavy atom. The molecule has 1 aliphatic heterocycles. The van der Waals surface area contributed by atoms with Crippen molar-refractivity contribution in [1.82, 2.24) is 5.16 Å². The van der Waals surface area contributed by atoms with Crippen molar-refractivity contribution in [3.63, 3.8) is 0 Å². The third-order valence-corrected chi connectivity index (χ3v) is 4.68. The fraction of sp³-hybridized carbons (Fsp3) is 0.316. The number of rotatable bonds is 4. The SMILES string of the molecule is Cc1noc(N)c1C(=O)OCC(=O)/C=C1\N(C)c2ccccc2C1(C)C. The molecule has 7 nitrogen and oxygen atoms in total. The lowest BCUT2D eigenvalue weighted by Crippen LogP contribution is -2.25. The molecular formula is C19H21N3O4. The Hall–Kier alpha value is -3.09. The summed E-state index contributed by atoms with van der Waals surface area (Å²) in [7, 11) is 1.92. The Bertz CT molecular complexity index is 892. The number of hydrogen-bond acceptors (Lipinski definition) is 7. The van der Waals surface area contributed by atoms with Crippen LogP contribution in [0.1, 0.15) is 35.5 Å². The highest BCUT2D eigenvalue weighted by Gasteiger charge is 2.38. The summed E-state index contributed by atoms with van der Waals surface area (Å²) in [6.07, 6.45) is 1.52. The molecule has 7 heteroatoms. The molecule has 0 aliphatic carbocycles. The summed E-state index contributed by atoms with van der Waals surface area (Å²) in [5.74, 6) is -1.16. The third-order valence-electron chi connectivity index (χ3n) is 4.68. The second-order valence-corrected chi connectivity index (χ2v) is 6.78. The normalized spacial score (nSPS) is 16.6. The van der Waals surface area contributed by atoms with Crippen molar-refractivity contribution in [3.05, 3.63) is 52.9 Å². The third kappa shape index (κ3) is 2.85. The van der Waals surface area contributed by atoms with Gasteiger partial charge in [-0.1, -0.05) is 37.2 Å². The molecule has 3 rings (SSSR count). The molecule has 2 aromatic rings. The number of nitrogen functional groups attached to an aromatic ring is 1. The Balaban J connectivity index is 1.75. The number of carbonyl (C=O) groups excluding carboxylic acids is 2. The van der Waals surface area contributed by atoms with Crippen LogP contribution in [-0.2, 0) is 14.9 Å². The largest absolute Gasteiger partial charge is 0.454 e. The summed E-state index contributed by atoms with van der Waals surface area (Å²) >= 11 is 0. The fourth-order valence-corrected chi connectivity index (χ4v) is 3.30. The van der Waals surface area contributed by atoms with Gasteiger partial charge in [0.05, 0.1) is 5.69 Å². The minimum atomic E-state index is -0.727. The molecule has 136 valence electrons. The molecule has 1 aromatic carbocycles. The van der Waals surface area contributed by atoms with Crippen LogP contribution in [0.2, 0.25) is 0 Å². The van der Waals surface area contributed by atoms with Gasteiger partial charge in [-0.15, -0.1) is 0 Å². The summed E-state index contributed by atoms with van der Waals surface area (Å²) in [6, 6.07) is 8.00. The van der Waals surface area contributed by atoms with E-state index in [0.29, 0.717) is 5.69 Å². The van der Waals surface area contributed by atoms with E-state index < -0.39 is 5.97 Å². The lowest BCUT2D eigenvalue weighted by atomic mass is 9.83. The zero-order valence-electron chi connectivity index (χ0n) is 15.2. The van der Waals surface area contributed by atoms with Gasteiger partial charge in [-0.2, -0.15) is 0 Å². The number of likely N-dealkylation sites (N-methyl/N-ethyl adjacent to an activating group) is 1. The highest BCUT2D eigenvalue weighted by Crippen LogP contribution is 2.46. The van der Waals surface area contributed by atoms with Crippen molar-refractivity contribution in [2.45, 2.75) is 26.2 Å². The number of allylic oxidation sites excluding steroid dienone is 1. The molecule has 0 saturated heterocycles. The molecule has 0 saturated carbocycles. The van der Waals surface area contributed by atoms with E-state index in [1.807, 2.05) is 30.1 Å². The van der Waals surface area contributed by atoms with Gasteiger partial charge in [0.1, 0.15) is 5.56 Å². The van der Waals surface area contributed by atoms with Crippen molar-refractivity contribution in [3.8, 4) is 0 Å². The van der Waals surface area contributed by atoms with Crippen molar-refractivity contribution >= 4 is 23.3 Å². The van der Waals surface area contributed by atoms with E-state index in [2.05, 4.69) is 25.1 Å². The Labute approximate surface area is 151 Å². The lowest BCUT2D eigenvalue weighted by Gasteiger charge is -2.23. The van der Waals surface area contributed by atoms with Crippen LogP contribution in [0.25, 0.3) is 0 Å². The van der Waals surface area contributed by atoms with Gasteiger partial charge in [0, 0.05) is 29.9 Å². The molecule has 1 aliphatic rings. The van der Waals surface area contributed by atoms with Gasteiger partial charge in [-0.3, -0.25) is 4.79 Å². The van der Waals surface area contributed by atoms with Gasteiger partial charge >= 0.3 is 5.97 Å². The van der Waals surface area contributed by atoms with Crippen LogP contribution in [0.3, 0.4) is 0 Å². The number of ketones is 1. The minimum absolute atomic E-state index is 0.0520. The summed E-state index contributed by atoms with van der Waals surface area (Å²) < 4.78 is 9.80. The van der Waals surface area contributed by atoms with E-state index in [0.717, 1.165) is 16.9 Å². The molecule has 2 N–H and O–H groups in total. The zero-order chi connectivity index (χ0) is 19.1. The van der Waals surface area contributed by atoms with Crippen molar-refractivity contribution in [2.24, 2.45) is 0 Å². The maximum absolute atomic E-state index is 12.4. The number of aromatic nitrogens is 1. The van der Waals surface area contributed by atoms with Crippen LogP contribution in [0.15, 0.2) is 40.6 Å². The molecule has 1 aromatic heterocycles. The maximum Gasteiger partial charge on any atom is 0.346 e. The van der Waals surface area contributed by atoms with Crippen LogP contribution in [0, 0.1) is 6.92 Å². The Morgan fingerprint density at radius 2 is 2.04 bits per heavy atom. The van der Waals surface area contributed by atoms with E-state index in [9.17, 15) is 9.59 Å². The molecule has 0 spiro atoms. The quantitative estimate of drug-likeness (QED) is 0.665. The first-order valence-corrected chi connectivity index (χ1v) is 8.20. The molecule has 0 radical (unpaired) electrons. The van der Waals surface area contributed by atoms with Crippen LogP contribution in [0.5, 0.6) is 0 Å².